The van der Waals surface area contributed by atoms with E-state index >= 15 is 0 Å². The minimum absolute atomic E-state index is 0. The van der Waals surface area contributed by atoms with Crippen LogP contribution in [-0.2, 0) is 0 Å². The summed E-state index contributed by atoms with van der Waals surface area (Å²) in [6.07, 6.45) is 7.05. The molecule has 1 atom stereocenters. The zero-order valence-corrected chi connectivity index (χ0v) is 7.57. The summed E-state index contributed by atoms with van der Waals surface area (Å²) in [6.45, 7) is 0. The largest absolute Gasteiger partial charge is 0.298 e. The zero-order valence-electron chi connectivity index (χ0n) is 5.60. The molecule has 0 aromatic carbocycles. The molecule has 0 amide bonds. The molecule has 0 bridgehead atoms. The second-order valence-corrected chi connectivity index (χ2v) is 2.83. The summed E-state index contributed by atoms with van der Waals surface area (Å²) in [5.74, 6) is 0. The van der Waals surface area contributed by atoms with E-state index in [1.807, 2.05) is 0 Å². The van der Waals surface area contributed by atoms with Gasteiger partial charge in [0.05, 0.1) is 0 Å². The second-order valence-electron chi connectivity index (χ2n) is 2.50. The highest BCUT2D eigenvalue weighted by molar-refractivity contribution is 7.13. The average Bonchev–Trinajstić information content (AvgIpc) is 1.90. The fourth-order valence-corrected chi connectivity index (χ4v) is 1.60. The standard InChI is InChI=1S/C6H14NP.ClH/c8-7-6-4-2-1-3-5-6;/h6-7H,1-5,8H2;1H. The molecule has 1 saturated carbocycles. The van der Waals surface area contributed by atoms with E-state index in [2.05, 4.69) is 14.5 Å². The number of hydrogen-bond acceptors (Lipinski definition) is 1. The van der Waals surface area contributed by atoms with Crippen LogP contribution in [0.2, 0.25) is 0 Å². The summed E-state index contributed by atoms with van der Waals surface area (Å²) in [5, 5.41) is 3.22. The van der Waals surface area contributed by atoms with E-state index in [1.165, 1.54) is 32.1 Å². The first-order chi connectivity index (χ1) is 3.93. The van der Waals surface area contributed by atoms with Gasteiger partial charge >= 0.3 is 0 Å². The Kier molecular flexibility index (Phi) is 5.88. The molecule has 1 N–H and O–H groups in total. The Morgan fingerprint density at radius 3 is 2.00 bits per heavy atom. The van der Waals surface area contributed by atoms with E-state index in [9.17, 15) is 0 Å². The van der Waals surface area contributed by atoms with Crippen LogP contribution in [0.3, 0.4) is 0 Å². The van der Waals surface area contributed by atoms with E-state index in [1.54, 1.807) is 0 Å². The van der Waals surface area contributed by atoms with Crippen molar-refractivity contribution in [3.05, 3.63) is 0 Å². The molecular formula is C6H15ClNP. The molecule has 0 spiro atoms. The van der Waals surface area contributed by atoms with Crippen molar-refractivity contribution >= 4 is 21.8 Å². The fraction of sp³-hybridized carbons (Fsp3) is 1.00. The average molecular weight is 168 g/mol. The maximum Gasteiger partial charge on any atom is 0.00988 e. The first-order valence-electron chi connectivity index (χ1n) is 3.39. The molecule has 0 aliphatic heterocycles. The van der Waals surface area contributed by atoms with Crippen LogP contribution in [0.25, 0.3) is 0 Å². The van der Waals surface area contributed by atoms with E-state index in [0.717, 1.165) is 6.04 Å². The molecule has 1 aliphatic carbocycles. The van der Waals surface area contributed by atoms with Crippen molar-refractivity contribution in [1.82, 2.24) is 5.09 Å². The highest BCUT2D eigenvalue weighted by Crippen LogP contribution is 2.17. The van der Waals surface area contributed by atoms with Crippen molar-refractivity contribution in [1.29, 1.82) is 0 Å². The lowest BCUT2D eigenvalue weighted by molar-refractivity contribution is 0.423. The molecular weight excluding hydrogens is 152 g/mol. The normalized spacial score (nSPS) is 21.0. The van der Waals surface area contributed by atoms with Gasteiger partial charge in [0.25, 0.3) is 0 Å². The molecule has 0 saturated heterocycles. The topological polar surface area (TPSA) is 12.0 Å². The van der Waals surface area contributed by atoms with Gasteiger partial charge in [0.1, 0.15) is 0 Å². The van der Waals surface area contributed by atoms with Gasteiger partial charge in [-0.05, 0) is 12.8 Å². The monoisotopic (exact) mass is 167 g/mol. The minimum Gasteiger partial charge on any atom is -0.298 e. The van der Waals surface area contributed by atoms with Crippen LogP contribution in [0, 0.1) is 0 Å². The van der Waals surface area contributed by atoms with Crippen LogP contribution in [0.1, 0.15) is 32.1 Å². The Labute approximate surface area is 65.6 Å². The van der Waals surface area contributed by atoms with Crippen molar-refractivity contribution in [3.63, 3.8) is 0 Å². The van der Waals surface area contributed by atoms with Crippen LogP contribution in [0.4, 0.5) is 0 Å². The SMILES string of the molecule is Cl.PNC1CCCCC1. The Hall–Kier alpha value is 0.680. The van der Waals surface area contributed by atoms with E-state index in [4.69, 9.17) is 0 Å². The van der Waals surface area contributed by atoms with Crippen LogP contribution >= 0.6 is 21.8 Å². The zero-order chi connectivity index (χ0) is 5.82. The van der Waals surface area contributed by atoms with Crippen molar-refractivity contribution in [3.8, 4) is 0 Å². The summed E-state index contributed by atoms with van der Waals surface area (Å²) in [4.78, 5) is 0. The first kappa shape index (κ1) is 9.68. The van der Waals surface area contributed by atoms with E-state index in [-0.39, 0.29) is 12.4 Å². The van der Waals surface area contributed by atoms with Crippen LogP contribution in [0.15, 0.2) is 0 Å². The van der Waals surface area contributed by atoms with Gasteiger partial charge in [-0.2, -0.15) is 0 Å². The van der Waals surface area contributed by atoms with Gasteiger partial charge in [-0.15, -0.1) is 12.4 Å². The smallest absolute Gasteiger partial charge is 0.00988 e. The molecule has 9 heavy (non-hydrogen) atoms. The Morgan fingerprint density at radius 2 is 1.67 bits per heavy atom. The van der Waals surface area contributed by atoms with Crippen molar-refractivity contribution in [2.24, 2.45) is 0 Å². The lowest BCUT2D eigenvalue weighted by atomic mass is 9.96. The Balaban J connectivity index is 0.000000640. The molecule has 56 valence electrons. The number of halogens is 1. The number of rotatable bonds is 1. The minimum atomic E-state index is 0. The number of nitrogens with one attached hydrogen (secondary N) is 1. The van der Waals surface area contributed by atoms with Gasteiger partial charge in [0.15, 0.2) is 0 Å². The van der Waals surface area contributed by atoms with Crippen LogP contribution < -0.4 is 5.09 Å². The third-order valence-electron chi connectivity index (χ3n) is 1.84. The summed E-state index contributed by atoms with van der Waals surface area (Å²) < 4.78 is 0. The molecule has 1 nitrogen and oxygen atoms in total. The molecule has 3 heteroatoms. The highest BCUT2D eigenvalue weighted by Gasteiger charge is 2.09. The summed E-state index contributed by atoms with van der Waals surface area (Å²) in [7, 11) is 2.60. The summed E-state index contributed by atoms with van der Waals surface area (Å²) >= 11 is 0. The molecule has 1 rings (SSSR count). The predicted molar refractivity (Wildman–Crippen MR) is 47.0 cm³/mol. The molecule has 0 radical (unpaired) electrons. The van der Waals surface area contributed by atoms with E-state index < -0.39 is 0 Å². The van der Waals surface area contributed by atoms with Crippen molar-refractivity contribution < 1.29 is 0 Å². The van der Waals surface area contributed by atoms with Gasteiger partial charge in [-0.1, -0.05) is 28.7 Å². The maximum absolute atomic E-state index is 3.22. The third-order valence-corrected chi connectivity index (χ3v) is 2.31. The lowest BCUT2D eigenvalue weighted by Gasteiger charge is -2.19. The van der Waals surface area contributed by atoms with Gasteiger partial charge in [0, 0.05) is 6.04 Å². The summed E-state index contributed by atoms with van der Waals surface area (Å²) in [5.41, 5.74) is 0. The fourth-order valence-electron chi connectivity index (χ4n) is 1.27. The summed E-state index contributed by atoms with van der Waals surface area (Å²) in [6, 6.07) is 0.800. The quantitative estimate of drug-likeness (QED) is 0.590. The number of hydrogen-bond donors (Lipinski definition) is 1. The van der Waals surface area contributed by atoms with E-state index in [0.29, 0.717) is 0 Å². The van der Waals surface area contributed by atoms with Crippen LogP contribution in [0.5, 0.6) is 0 Å². The molecule has 0 heterocycles. The van der Waals surface area contributed by atoms with Gasteiger partial charge in [0.2, 0.25) is 0 Å². The molecule has 1 unspecified atom stereocenters. The van der Waals surface area contributed by atoms with Gasteiger partial charge in [-0.25, -0.2) is 0 Å². The Morgan fingerprint density at radius 1 is 1.11 bits per heavy atom. The molecule has 0 aromatic heterocycles. The first-order valence-corrected chi connectivity index (χ1v) is 3.97. The van der Waals surface area contributed by atoms with Crippen LogP contribution in [-0.4, -0.2) is 6.04 Å². The maximum atomic E-state index is 3.22. The lowest BCUT2D eigenvalue weighted by Crippen LogP contribution is -2.22. The van der Waals surface area contributed by atoms with Crippen molar-refractivity contribution in [2.45, 2.75) is 38.1 Å². The third kappa shape index (κ3) is 3.40. The second kappa shape index (κ2) is 5.46. The van der Waals surface area contributed by atoms with Gasteiger partial charge in [-0.3, -0.25) is 5.09 Å². The molecule has 1 fully saturated rings. The highest BCUT2D eigenvalue weighted by atomic mass is 35.5. The predicted octanol–water partition coefficient (Wildman–Crippen LogP) is 2.12. The molecule has 1 aliphatic rings. The van der Waals surface area contributed by atoms with Crippen molar-refractivity contribution in [2.75, 3.05) is 0 Å². The Bertz CT molecular complexity index is 64.1. The van der Waals surface area contributed by atoms with Gasteiger partial charge < -0.3 is 0 Å². The molecule has 0 aromatic rings.